The number of carboxylic acids is 1. The number of benzene rings is 1. The van der Waals surface area contributed by atoms with Crippen LogP contribution in [0.2, 0.25) is 0 Å². The third kappa shape index (κ3) is 5.63. The number of nitrogens with zero attached hydrogens (tertiary/aromatic N) is 2. The van der Waals surface area contributed by atoms with E-state index in [1.54, 1.807) is 7.11 Å². The van der Waals surface area contributed by atoms with Gasteiger partial charge in [0.15, 0.2) is 12.2 Å². The number of hydrogen-bond acceptors (Lipinski definition) is 6. The summed E-state index contributed by atoms with van der Waals surface area (Å²) in [5.74, 6) is -0.464. The quantitative estimate of drug-likeness (QED) is 0.568. The average molecular weight is 419 g/mol. The number of nitrogens with one attached hydrogen (secondary N) is 1. The summed E-state index contributed by atoms with van der Waals surface area (Å²) in [5, 5.41) is 11.4. The zero-order valence-corrected chi connectivity index (χ0v) is 17.4. The predicted molar refractivity (Wildman–Crippen MR) is 109 cm³/mol. The van der Waals surface area contributed by atoms with E-state index in [0.717, 1.165) is 24.5 Å². The van der Waals surface area contributed by atoms with Crippen molar-refractivity contribution in [3.05, 3.63) is 24.3 Å². The van der Waals surface area contributed by atoms with Crippen LogP contribution in [-0.4, -0.2) is 79.8 Å². The maximum atomic E-state index is 12.6. The van der Waals surface area contributed by atoms with Gasteiger partial charge >= 0.3 is 5.97 Å². The summed E-state index contributed by atoms with van der Waals surface area (Å²) in [6.07, 6.45) is -0.842. The molecule has 2 aliphatic rings. The number of anilines is 1. The fourth-order valence-corrected chi connectivity index (χ4v) is 3.58. The van der Waals surface area contributed by atoms with Gasteiger partial charge in [0.05, 0.1) is 7.11 Å². The number of carbonyl (C=O) groups is 3. The van der Waals surface area contributed by atoms with Crippen LogP contribution in [0.4, 0.5) is 5.69 Å². The molecule has 0 radical (unpaired) electrons. The van der Waals surface area contributed by atoms with E-state index in [9.17, 15) is 14.4 Å². The van der Waals surface area contributed by atoms with Crippen molar-refractivity contribution in [1.29, 1.82) is 0 Å². The first-order valence-electron chi connectivity index (χ1n) is 10.2. The number of epoxide rings is 1. The molecule has 1 aromatic rings. The van der Waals surface area contributed by atoms with Gasteiger partial charge in [-0.1, -0.05) is 6.92 Å². The summed E-state index contributed by atoms with van der Waals surface area (Å²) in [4.78, 5) is 39.2. The number of piperazine rings is 1. The van der Waals surface area contributed by atoms with Gasteiger partial charge < -0.3 is 29.7 Å². The van der Waals surface area contributed by atoms with Crippen molar-refractivity contribution in [2.45, 2.75) is 32.0 Å². The highest BCUT2D eigenvalue weighted by atomic mass is 16.6. The molecule has 2 fully saturated rings. The second kappa shape index (κ2) is 9.80. The van der Waals surface area contributed by atoms with Crippen LogP contribution in [0.5, 0.6) is 5.75 Å². The van der Waals surface area contributed by atoms with Crippen molar-refractivity contribution >= 4 is 23.5 Å². The molecular weight excluding hydrogens is 390 g/mol. The number of methoxy groups -OCH3 is 1. The van der Waals surface area contributed by atoms with Crippen molar-refractivity contribution in [2.24, 2.45) is 5.92 Å². The number of carbonyl (C=O) groups excluding carboxylic acids is 2. The summed E-state index contributed by atoms with van der Waals surface area (Å²) < 4.78 is 10.00. The van der Waals surface area contributed by atoms with Gasteiger partial charge in [0.1, 0.15) is 5.75 Å². The van der Waals surface area contributed by atoms with Crippen LogP contribution in [0.1, 0.15) is 19.8 Å². The number of aliphatic carboxylic acids is 1. The van der Waals surface area contributed by atoms with Gasteiger partial charge in [-0.2, -0.15) is 0 Å². The number of rotatable bonds is 9. The van der Waals surface area contributed by atoms with Gasteiger partial charge in [-0.3, -0.25) is 9.59 Å². The first-order valence-corrected chi connectivity index (χ1v) is 10.2. The predicted octanol–water partition coefficient (Wildman–Crippen LogP) is 0.728. The number of carboxylic acid groups (broad SMARTS) is 1. The van der Waals surface area contributed by atoms with E-state index in [0.29, 0.717) is 32.5 Å². The second-order valence-electron chi connectivity index (χ2n) is 7.77. The van der Waals surface area contributed by atoms with Crippen LogP contribution < -0.4 is 15.0 Å². The number of amides is 2. The highest BCUT2D eigenvalue weighted by Gasteiger charge is 2.50. The smallest absolute Gasteiger partial charge is 0.336 e. The molecule has 30 heavy (non-hydrogen) atoms. The SMILES string of the molecule is COc1ccc(N2CCN(C(=O)C[C@@H](C)CCNC(=O)[C@H]3O[C@@H]3C(=O)O)CC2)cc1. The van der Waals surface area contributed by atoms with Gasteiger partial charge in [-0.25, -0.2) is 4.79 Å². The van der Waals surface area contributed by atoms with Crippen LogP contribution in [0.3, 0.4) is 0 Å². The first kappa shape index (κ1) is 21.9. The molecule has 2 aliphatic heterocycles. The molecule has 164 valence electrons. The summed E-state index contributed by atoms with van der Waals surface area (Å²) in [5.41, 5.74) is 1.12. The molecule has 3 rings (SSSR count). The normalized spacial score (nSPS) is 21.7. The molecule has 0 unspecified atom stereocenters. The highest BCUT2D eigenvalue weighted by Crippen LogP contribution is 2.23. The average Bonchev–Trinajstić information content (AvgIpc) is 3.55. The molecule has 3 atom stereocenters. The lowest BCUT2D eigenvalue weighted by Gasteiger charge is -2.36. The Morgan fingerprint density at radius 1 is 1.17 bits per heavy atom. The van der Waals surface area contributed by atoms with Gasteiger partial charge in [0.2, 0.25) is 5.91 Å². The second-order valence-corrected chi connectivity index (χ2v) is 7.77. The number of hydrogen-bond donors (Lipinski definition) is 2. The van der Waals surface area contributed by atoms with Gasteiger partial charge in [-0.15, -0.1) is 0 Å². The van der Waals surface area contributed by atoms with E-state index in [1.165, 1.54) is 0 Å². The van der Waals surface area contributed by atoms with Crippen LogP contribution in [0, 0.1) is 5.92 Å². The summed E-state index contributed by atoms with van der Waals surface area (Å²) in [6.45, 7) is 5.31. The Hall–Kier alpha value is -2.81. The van der Waals surface area contributed by atoms with Crippen LogP contribution in [0.15, 0.2) is 24.3 Å². The monoisotopic (exact) mass is 419 g/mol. The molecule has 2 N–H and O–H groups in total. The Morgan fingerprint density at radius 3 is 2.40 bits per heavy atom. The topological polar surface area (TPSA) is 112 Å². The van der Waals surface area contributed by atoms with Gasteiger partial charge in [-0.05, 0) is 36.6 Å². The van der Waals surface area contributed by atoms with E-state index in [1.807, 2.05) is 36.1 Å². The van der Waals surface area contributed by atoms with E-state index in [4.69, 9.17) is 14.6 Å². The molecule has 1 aromatic carbocycles. The third-order valence-electron chi connectivity index (χ3n) is 5.52. The van der Waals surface area contributed by atoms with E-state index in [2.05, 4.69) is 10.2 Å². The molecule has 2 heterocycles. The lowest BCUT2D eigenvalue weighted by atomic mass is 10.0. The van der Waals surface area contributed by atoms with Crippen molar-refractivity contribution < 1.29 is 29.0 Å². The van der Waals surface area contributed by atoms with Crippen molar-refractivity contribution in [3.63, 3.8) is 0 Å². The minimum atomic E-state index is -1.12. The maximum absolute atomic E-state index is 12.6. The molecule has 2 saturated heterocycles. The zero-order valence-electron chi connectivity index (χ0n) is 17.4. The lowest BCUT2D eigenvalue weighted by Crippen LogP contribution is -2.49. The summed E-state index contributed by atoms with van der Waals surface area (Å²) >= 11 is 0. The summed E-state index contributed by atoms with van der Waals surface area (Å²) in [7, 11) is 1.64. The van der Waals surface area contributed by atoms with Crippen LogP contribution >= 0.6 is 0 Å². The van der Waals surface area contributed by atoms with Gasteiger partial charge in [0, 0.05) is 44.8 Å². The van der Waals surface area contributed by atoms with Crippen molar-refractivity contribution in [1.82, 2.24) is 10.2 Å². The van der Waals surface area contributed by atoms with Crippen molar-refractivity contribution in [2.75, 3.05) is 44.7 Å². The Balaban J connectivity index is 1.34. The fraction of sp³-hybridized carbons (Fsp3) is 0.571. The molecule has 9 nitrogen and oxygen atoms in total. The van der Waals surface area contributed by atoms with E-state index >= 15 is 0 Å². The molecule has 0 aromatic heterocycles. The minimum Gasteiger partial charge on any atom is -0.497 e. The molecule has 0 bridgehead atoms. The molecule has 9 heteroatoms. The molecular formula is C21H29N3O6. The molecule has 0 aliphatic carbocycles. The van der Waals surface area contributed by atoms with Crippen LogP contribution in [0.25, 0.3) is 0 Å². The largest absolute Gasteiger partial charge is 0.497 e. The fourth-order valence-electron chi connectivity index (χ4n) is 3.58. The molecule has 2 amide bonds. The minimum absolute atomic E-state index is 0.118. The molecule has 0 saturated carbocycles. The van der Waals surface area contributed by atoms with E-state index in [-0.39, 0.29) is 11.8 Å². The van der Waals surface area contributed by atoms with Crippen LogP contribution in [-0.2, 0) is 19.1 Å². The molecule has 0 spiro atoms. The Morgan fingerprint density at radius 2 is 1.83 bits per heavy atom. The maximum Gasteiger partial charge on any atom is 0.336 e. The number of ether oxygens (including phenoxy) is 2. The van der Waals surface area contributed by atoms with Crippen molar-refractivity contribution in [3.8, 4) is 5.75 Å². The lowest BCUT2D eigenvalue weighted by molar-refractivity contribution is -0.138. The zero-order chi connectivity index (χ0) is 21.7. The Bertz CT molecular complexity index is 761. The van der Waals surface area contributed by atoms with Gasteiger partial charge in [0.25, 0.3) is 5.91 Å². The summed E-state index contributed by atoms with van der Waals surface area (Å²) in [6, 6.07) is 7.92. The van der Waals surface area contributed by atoms with E-state index < -0.39 is 24.1 Å². The Labute approximate surface area is 175 Å². The third-order valence-corrected chi connectivity index (χ3v) is 5.52. The standard InChI is InChI=1S/C21H29N3O6/c1-14(7-8-22-20(26)18-19(30-18)21(27)28)13-17(25)24-11-9-23(10-12-24)15-3-5-16(29-2)6-4-15/h3-6,14,18-19H,7-13H2,1-2H3,(H,22,26)(H,27,28)/t14-,18-,19-/m0/s1. The Kier molecular flexibility index (Phi) is 7.15. The highest BCUT2D eigenvalue weighted by molar-refractivity contribution is 5.92. The first-order chi connectivity index (χ1) is 14.4.